The van der Waals surface area contributed by atoms with Gasteiger partial charge >= 0.3 is 0 Å². The van der Waals surface area contributed by atoms with Crippen LogP contribution < -0.4 is 10.6 Å². The lowest BCUT2D eigenvalue weighted by atomic mass is 10.1. The van der Waals surface area contributed by atoms with Crippen LogP contribution >= 0.6 is 24.8 Å². The van der Waals surface area contributed by atoms with Crippen LogP contribution in [-0.2, 0) is 4.79 Å². The summed E-state index contributed by atoms with van der Waals surface area (Å²) in [7, 11) is 0. The van der Waals surface area contributed by atoms with Gasteiger partial charge in [-0.3, -0.25) is 4.79 Å². The Kier molecular flexibility index (Phi) is 9.79. The third-order valence-corrected chi connectivity index (χ3v) is 3.82. The molecule has 1 atom stereocenters. The summed E-state index contributed by atoms with van der Waals surface area (Å²) in [6.07, 6.45) is 3.90. The zero-order chi connectivity index (χ0) is 12.1. The summed E-state index contributed by atoms with van der Waals surface area (Å²) < 4.78 is 0. The Hall–Kier alpha value is -0.0300. The number of hydrogen-bond acceptors (Lipinski definition) is 3. The van der Waals surface area contributed by atoms with Crippen LogP contribution in [0.2, 0.25) is 0 Å². The predicted octanol–water partition coefficient (Wildman–Crippen LogP) is 1.29. The molecule has 0 aromatic carbocycles. The molecule has 0 spiro atoms. The SMILES string of the molecule is CCN1CCC(CNC(=O)CNCC2CC2)C1.Cl.Cl. The zero-order valence-corrected chi connectivity index (χ0v) is 13.3. The molecule has 4 nitrogen and oxygen atoms in total. The molecule has 1 amide bonds. The molecule has 0 bridgehead atoms. The highest BCUT2D eigenvalue weighted by Gasteiger charge is 2.22. The summed E-state index contributed by atoms with van der Waals surface area (Å²) in [5, 5.41) is 6.26. The summed E-state index contributed by atoms with van der Waals surface area (Å²) in [6.45, 7) is 8.01. The molecule has 1 aliphatic heterocycles. The van der Waals surface area contributed by atoms with E-state index in [4.69, 9.17) is 0 Å². The highest BCUT2D eigenvalue weighted by atomic mass is 35.5. The van der Waals surface area contributed by atoms with Crippen LogP contribution in [0.3, 0.4) is 0 Å². The van der Waals surface area contributed by atoms with Crippen molar-refractivity contribution in [2.75, 3.05) is 39.3 Å². The van der Waals surface area contributed by atoms with Gasteiger partial charge < -0.3 is 15.5 Å². The highest BCUT2D eigenvalue weighted by Crippen LogP contribution is 2.27. The number of amides is 1. The Morgan fingerprint density at radius 3 is 2.47 bits per heavy atom. The fraction of sp³-hybridized carbons (Fsp3) is 0.923. The molecule has 114 valence electrons. The van der Waals surface area contributed by atoms with Crippen molar-refractivity contribution in [1.29, 1.82) is 0 Å². The van der Waals surface area contributed by atoms with E-state index < -0.39 is 0 Å². The van der Waals surface area contributed by atoms with E-state index in [0.717, 1.165) is 32.1 Å². The van der Waals surface area contributed by atoms with Gasteiger partial charge in [-0.05, 0) is 50.7 Å². The first kappa shape index (κ1) is 19.0. The van der Waals surface area contributed by atoms with E-state index in [1.165, 1.54) is 25.8 Å². The molecule has 1 unspecified atom stereocenters. The van der Waals surface area contributed by atoms with Crippen molar-refractivity contribution in [2.45, 2.75) is 26.2 Å². The summed E-state index contributed by atoms with van der Waals surface area (Å²) in [5.41, 5.74) is 0. The lowest BCUT2D eigenvalue weighted by molar-refractivity contribution is -0.120. The third kappa shape index (κ3) is 7.35. The van der Waals surface area contributed by atoms with Crippen LogP contribution in [0.25, 0.3) is 0 Å². The second kappa shape index (κ2) is 9.81. The van der Waals surface area contributed by atoms with E-state index in [2.05, 4.69) is 22.5 Å². The molecule has 0 radical (unpaired) electrons. The Bertz CT molecular complexity index is 262. The van der Waals surface area contributed by atoms with Gasteiger partial charge in [-0.25, -0.2) is 0 Å². The molecule has 0 aromatic heterocycles. The van der Waals surface area contributed by atoms with Gasteiger partial charge in [0.05, 0.1) is 6.54 Å². The van der Waals surface area contributed by atoms with Gasteiger partial charge in [0.25, 0.3) is 0 Å². The molecule has 1 heterocycles. The third-order valence-electron chi connectivity index (χ3n) is 3.82. The van der Waals surface area contributed by atoms with Crippen molar-refractivity contribution in [3.63, 3.8) is 0 Å². The quantitative estimate of drug-likeness (QED) is 0.744. The van der Waals surface area contributed by atoms with Crippen LogP contribution in [0, 0.1) is 11.8 Å². The van der Waals surface area contributed by atoms with Crippen molar-refractivity contribution in [1.82, 2.24) is 15.5 Å². The first-order chi connectivity index (χ1) is 8.28. The monoisotopic (exact) mass is 311 g/mol. The lowest BCUT2D eigenvalue weighted by Gasteiger charge is -2.13. The Morgan fingerprint density at radius 2 is 1.89 bits per heavy atom. The lowest BCUT2D eigenvalue weighted by Crippen LogP contribution is -2.37. The van der Waals surface area contributed by atoms with Gasteiger partial charge in [0.15, 0.2) is 0 Å². The van der Waals surface area contributed by atoms with Gasteiger partial charge in [-0.15, -0.1) is 24.8 Å². The van der Waals surface area contributed by atoms with Crippen molar-refractivity contribution < 1.29 is 4.79 Å². The van der Waals surface area contributed by atoms with E-state index >= 15 is 0 Å². The molecular weight excluding hydrogens is 285 g/mol. The molecular formula is C13H27Cl2N3O. The van der Waals surface area contributed by atoms with Crippen molar-refractivity contribution >= 4 is 30.7 Å². The minimum atomic E-state index is 0. The van der Waals surface area contributed by atoms with Crippen LogP contribution in [0.4, 0.5) is 0 Å². The number of nitrogens with zero attached hydrogens (tertiary/aromatic N) is 1. The van der Waals surface area contributed by atoms with Crippen molar-refractivity contribution in [3.8, 4) is 0 Å². The van der Waals surface area contributed by atoms with Gasteiger partial charge in [-0.1, -0.05) is 6.92 Å². The van der Waals surface area contributed by atoms with Gasteiger partial charge in [0, 0.05) is 13.1 Å². The Labute approximate surface area is 128 Å². The normalized spacial score (nSPS) is 22.5. The van der Waals surface area contributed by atoms with E-state index in [-0.39, 0.29) is 30.7 Å². The smallest absolute Gasteiger partial charge is 0.233 e. The molecule has 2 aliphatic rings. The first-order valence-electron chi connectivity index (χ1n) is 6.97. The standard InChI is InChI=1S/C13H25N3O.2ClH/c1-2-16-6-5-12(10-16)8-15-13(17)9-14-7-11-3-4-11;;/h11-12,14H,2-10H2,1H3,(H,15,17);2*1H. The minimum Gasteiger partial charge on any atom is -0.355 e. The molecule has 1 saturated heterocycles. The molecule has 0 aromatic rings. The summed E-state index contributed by atoms with van der Waals surface area (Å²) >= 11 is 0. The number of carbonyl (C=O) groups excluding carboxylic acids is 1. The Balaban J connectivity index is 0.00000162. The molecule has 19 heavy (non-hydrogen) atoms. The summed E-state index contributed by atoms with van der Waals surface area (Å²) in [4.78, 5) is 14.0. The molecule has 1 saturated carbocycles. The summed E-state index contributed by atoms with van der Waals surface area (Å²) in [5.74, 6) is 1.65. The van der Waals surface area contributed by atoms with Crippen LogP contribution in [0.1, 0.15) is 26.2 Å². The number of nitrogens with one attached hydrogen (secondary N) is 2. The minimum absolute atomic E-state index is 0. The molecule has 2 fully saturated rings. The fourth-order valence-electron chi connectivity index (χ4n) is 2.40. The average molecular weight is 312 g/mol. The number of likely N-dealkylation sites (tertiary alicyclic amines) is 1. The average Bonchev–Trinajstić information content (AvgIpc) is 3.04. The number of carbonyl (C=O) groups is 1. The van der Waals surface area contributed by atoms with Crippen LogP contribution in [-0.4, -0.2) is 50.1 Å². The maximum atomic E-state index is 11.6. The largest absolute Gasteiger partial charge is 0.355 e. The molecule has 1 aliphatic carbocycles. The Morgan fingerprint density at radius 1 is 1.16 bits per heavy atom. The van der Waals surface area contributed by atoms with E-state index in [1.54, 1.807) is 0 Å². The number of halogens is 2. The van der Waals surface area contributed by atoms with Gasteiger partial charge in [0.1, 0.15) is 0 Å². The first-order valence-corrected chi connectivity index (χ1v) is 6.97. The fourth-order valence-corrected chi connectivity index (χ4v) is 2.40. The van der Waals surface area contributed by atoms with Crippen molar-refractivity contribution in [2.24, 2.45) is 11.8 Å². The van der Waals surface area contributed by atoms with E-state index in [1.807, 2.05) is 0 Å². The second-order valence-corrected chi connectivity index (χ2v) is 5.43. The highest BCUT2D eigenvalue weighted by molar-refractivity contribution is 5.85. The number of rotatable bonds is 7. The van der Waals surface area contributed by atoms with Crippen molar-refractivity contribution in [3.05, 3.63) is 0 Å². The van der Waals surface area contributed by atoms with Gasteiger partial charge in [0.2, 0.25) is 5.91 Å². The molecule has 6 heteroatoms. The maximum Gasteiger partial charge on any atom is 0.233 e. The zero-order valence-electron chi connectivity index (χ0n) is 11.7. The van der Waals surface area contributed by atoms with Gasteiger partial charge in [-0.2, -0.15) is 0 Å². The predicted molar refractivity (Wildman–Crippen MR) is 83.3 cm³/mol. The molecule has 2 N–H and O–H groups in total. The van der Waals surface area contributed by atoms with E-state index in [9.17, 15) is 4.79 Å². The topological polar surface area (TPSA) is 44.4 Å². The summed E-state index contributed by atoms with van der Waals surface area (Å²) in [6, 6.07) is 0. The maximum absolute atomic E-state index is 11.6. The van der Waals surface area contributed by atoms with E-state index in [0.29, 0.717) is 12.5 Å². The second-order valence-electron chi connectivity index (χ2n) is 5.43. The molecule has 2 rings (SSSR count). The van der Waals surface area contributed by atoms with Crippen LogP contribution in [0.5, 0.6) is 0 Å². The number of hydrogen-bond donors (Lipinski definition) is 2. The van der Waals surface area contributed by atoms with Crippen LogP contribution in [0.15, 0.2) is 0 Å².